The summed E-state index contributed by atoms with van der Waals surface area (Å²) in [5.41, 5.74) is 3.62. The van der Waals surface area contributed by atoms with Crippen LogP contribution in [-0.4, -0.2) is 22.9 Å². The Hall–Kier alpha value is -3.15. The van der Waals surface area contributed by atoms with E-state index in [1.807, 2.05) is 55.5 Å². The zero-order valence-electron chi connectivity index (χ0n) is 15.8. The first kappa shape index (κ1) is 19.6. The van der Waals surface area contributed by atoms with Gasteiger partial charge in [-0.05, 0) is 42.5 Å². The molecule has 2 amide bonds. The molecular weight excluding hydrogens is 356 g/mol. The molecule has 0 aromatic heterocycles. The lowest BCUT2D eigenvalue weighted by Gasteiger charge is -2.25. The standard InChI is InChI=1S/C22H24N2O4/c1-14-6-2-4-8-17(14)19(13-21(26)27)23-20(25)11-10-16-12-15-7-3-5-9-18(15)24-22(16)28/h2-9,16,19H,10-13H2,1H3,(H,23,25)(H,24,28)(H,26,27)/t16-,19-/m1/s1. The Bertz CT molecular complexity index is 894. The Morgan fingerprint density at radius 3 is 2.64 bits per heavy atom. The van der Waals surface area contributed by atoms with E-state index in [2.05, 4.69) is 10.6 Å². The van der Waals surface area contributed by atoms with Gasteiger partial charge >= 0.3 is 5.97 Å². The zero-order valence-corrected chi connectivity index (χ0v) is 15.8. The number of anilines is 1. The maximum Gasteiger partial charge on any atom is 0.305 e. The van der Waals surface area contributed by atoms with Crippen molar-refractivity contribution < 1.29 is 19.5 Å². The number of carbonyl (C=O) groups is 3. The summed E-state index contributed by atoms with van der Waals surface area (Å²) in [6.45, 7) is 1.89. The Morgan fingerprint density at radius 1 is 1.18 bits per heavy atom. The number of aliphatic carboxylic acids is 1. The van der Waals surface area contributed by atoms with Gasteiger partial charge in [-0.3, -0.25) is 14.4 Å². The van der Waals surface area contributed by atoms with Crippen LogP contribution in [0.15, 0.2) is 48.5 Å². The highest BCUT2D eigenvalue weighted by Gasteiger charge is 2.27. The number of carboxylic acids is 1. The van der Waals surface area contributed by atoms with Crippen molar-refractivity contribution in [1.29, 1.82) is 0 Å². The van der Waals surface area contributed by atoms with Crippen LogP contribution in [0.2, 0.25) is 0 Å². The molecule has 146 valence electrons. The molecule has 6 nitrogen and oxygen atoms in total. The van der Waals surface area contributed by atoms with Crippen molar-refractivity contribution in [3.63, 3.8) is 0 Å². The molecule has 2 aromatic rings. The normalized spacial score (nSPS) is 16.6. The maximum absolute atomic E-state index is 12.5. The van der Waals surface area contributed by atoms with Gasteiger partial charge in [-0.25, -0.2) is 0 Å². The SMILES string of the molecule is Cc1ccccc1[C@@H](CC(=O)O)NC(=O)CC[C@@H]1Cc2ccccc2NC1=O. The fraction of sp³-hybridized carbons (Fsp3) is 0.318. The molecule has 0 saturated carbocycles. The van der Waals surface area contributed by atoms with Crippen LogP contribution < -0.4 is 10.6 Å². The van der Waals surface area contributed by atoms with Crippen LogP contribution in [0.1, 0.15) is 42.0 Å². The van der Waals surface area contributed by atoms with Crippen molar-refractivity contribution in [3.05, 3.63) is 65.2 Å². The van der Waals surface area contributed by atoms with E-state index in [-0.39, 0.29) is 30.6 Å². The van der Waals surface area contributed by atoms with Gasteiger partial charge in [-0.15, -0.1) is 0 Å². The molecule has 3 rings (SSSR count). The van der Waals surface area contributed by atoms with Gasteiger partial charge < -0.3 is 15.7 Å². The third-order valence-electron chi connectivity index (χ3n) is 5.11. The highest BCUT2D eigenvalue weighted by Crippen LogP contribution is 2.28. The zero-order chi connectivity index (χ0) is 20.1. The monoisotopic (exact) mass is 380 g/mol. The second-order valence-corrected chi connectivity index (χ2v) is 7.16. The third kappa shape index (κ3) is 4.76. The molecule has 0 radical (unpaired) electrons. The van der Waals surface area contributed by atoms with E-state index in [9.17, 15) is 19.5 Å². The number of fused-ring (bicyclic) bond motifs is 1. The first-order valence-corrected chi connectivity index (χ1v) is 9.39. The van der Waals surface area contributed by atoms with Crippen LogP contribution in [0.4, 0.5) is 5.69 Å². The molecule has 0 saturated heterocycles. The molecule has 0 bridgehead atoms. The number of nitrogens with one attached hydrogen (secondary N) is 2. The van der Waals surface area contributed by atoms with E-state index in [0.717, 1.165) is 22.4 Å². The van der Waals surface area contributed by atoms with Gasteiger partial charge in [0.25, 0.3) is 0 Å². The average Bonchev–Trinajstić information content (AvgIpc) is 2.66. The van der Waals surface area contributed by atoms with E-state index in [1.54, 1.807) is 0 Å². The topological polar surface area (TPSA) is 95.5 Å². The van der Waals surface area contributed by atoms with Crippen LogP contribution in [0, 0.1) is 12.8 Å². The van der Waals surface area contributed by atoms with E-state index < -0.39 is 12.0 Å². The van der Waals surface area contributed by atoms with Gasteiger partial charge in [-0.1, -0.05) is 42.5 Å². The molecule has 1 aliphatic heterocycles. The predicted molar refractivity (Wildman–Crippen MR) is 106 cm³/mol. The molecular formula is C22H24N2O4. The van der Waals surface area contributed by atoms with Gasteiger partial charge in [0.05, 0.1) is 12.5 Å². The fourth-order valence-electron chi connectivity index (χ4n) is 3.61. The van der Waals surface area contributed by atoms with Gasteiger partial charge in [0.2, 0.25) is 11.8 Å². The van der Waals surface area contributed by atoms with E-state index in [1.165, 1.54) is 0 Å². The van der Waals surface area contributed by atoms with Crippen molar-refractivity contribution >= 4 is 23.5 Å². The van der Waals surface area contributed by atoms with Gasteiger partial charge in [0.1, 0.15) is 0 Å². The van der Waals surface area contributed by atoms with E-state index in [0.29, 0.717) is 12.8 Å². The van der Waals surface area contributed by atoms with Crippen LogP contribution in [0.5, 0.6) is 0 Å². The van der Waals surface area contributed by atoms with Crippen LogP contribution in [0.25, 0.3) is 0 Å². The van der Waals surface area contributed by atoms with Crippen molar-refractivity contribution in [2.75, 3.05) is 5.32 Å². The molecule has 0 fully saturated rings. The number of carbonyl (C=O) groups excluding carboxylic acids is 2. The minimum Gasteiger partial charge on any atom is -0.481 e. The summed E-state index contributed by atoms with van der Waals surface area (Å²) >= 11 is 0. The molecule has 2 atom stereocenters. The van der Waals surface area contributed by atoms with Crippen LogP contribution in [0.3, 0.4) is 0 Å². The van der Waals surface area contributed by atoms with Gasteiger partial charge in [0.15, 0.2) is 0 Å². The summed E-state index contributed by atoms with van der Waals surface area (Å²) in [6, 6.07) is 14.5. The Morgan fingerprint density at radius 2 is 1.89 bits per heavy atom. The van der Waals surface area contributed by atoms with Crippen molar-refractivity contribution in [2.45, 2.75) is 38.6 Å². The lowest BCUT2D eigenvalue weighted by Crippen LogP contribution is -2.33. The summed E-state index contributed by atoms with van der Waals surface area (Å²) in [7, 11) is 0. The molecule has 0 aliphatic carbocycles. The maximum atomic E-state index is 12.5. The molecule has 1 aliphatic rings. The molecule has 3 N–H and O–H groups in total. The summed E-state index contributed by atoms with van der Waals surface area (Å²) in [5, 5.41) is 14.9. The smallest absolute Gasteiger partial charge is 0.305 e. The lowest BCUT2D eigenvalue weighted by atomic mass is 9.89. The molecule has 1 heterocycles. The molecule has 2 aromatic carbocycles. The number of para-hydroxylation sites is 1. The highest BCUT2D eigenvalue weighted by molar-refractivity contribution is 5.96. The minimum atomic E-state index is -0.975. The highest BCUT2D eigenvalue weighted by atomic mass is 16.4. The Kier molecular flexibility index (Phi) is 6.09. The summed E-state index contributed by atoms with van der Waals surface area (Å²) in [6.07, 6.45) is 1.00. The van der Waals surface area contributed by atoms with Crippen molar-refractivity contribution in [3.8, 4) is 0 Å². The largest absolute Gasteiger partial charge is 0.481 e. The minimum absolute atomic E-state index is 0.0764. The van der Waals surface area contributed by atoms with E-state index in [4.69, 9.17) is 0 Å². The Labute approximate surface area is 164 Å². The first-order chi connectivity index (χ1) is 13.4. The number of aryl methyl sites for hydroxylation is 1. The number of rotatable bonds is 7. The first-order valence-electron chi connectivity index (χ1n) is 9.39. The number of hydrogen-bond acceptors (Lipinski definition) is 3. The number of amides is 2. The second-order valence-electron chi connectivity index (χ2n) is 7.16. The van der Waals surface area contributed by atoms with Gasteiger partial charge in [-0.2, -0.15) is 0 Å². The van der Waals surface area contributed by atoms with Crippen molar-refractivity contribution in [2.24, 2.45) is 5.92 Å². The van der Waals surface area contributed by atoms with Crippen LogP contribution in [-0.2, 0) is 20.8 Å². The molecule has 6 heteroatoms. The van der Waals surface area contributed by atoms with Gasteiger partial charge in [0, 0.05) is 18.0 Å². The number of benzene rings is 2. The fourth-order valence-corrected chi connectivity index (χ4v) is 3.61. The summed E-state index contributed by atoms with van der Waals surface area (Å²) in [5.74, 6) is -1.57. The molecule has 28 heavy (non-hydrogen) atoms. The van der Waals surface area contributed by atoms with E-state index >= 15 is 0 Å². The number of carboxylic acid groups (broad SMARTS) is 1. The number of hydrogen-bond donors (Lipinski definition) is 3. The van der Waals surface area contributed by atoms with Crippen molar-refractivity contribution in [1.82, 2.24) is 5.32 Å². The average molecular weight is 380 g/mol. The molecule has 0 unspecified atom stereocenters. The predicted octanol–water partition coefficient (Wildman–Crippen LogP) is 3.22. The summed E-state index contributed by atoms with van der Waals surface area (Å²) in [4.78, 5) is 36.0. The summed E-state index contributed by atoms with van der Waals surface area (Å²) < 4.78 is 0. The third-order valence-corrected chi connectivity index (χ3v) is 5.11. The quantitative estimate of drug-likeness (QED) is 0.687. The second kappa shape index (κ2) is 8.69. The van der Waals surface area contributed by atoms with Crippen LogP contribution >= 0.6 is 0 Å². The molecule has 0 spiro atoms. The lowest BCUT2D eigenvalue weighted by molar-refractivity contribution is -0.137. The Balaban J connectivity index is 1.61.